The molecule has 2 aliphatic rings. The summed E-state index contributed by atoms with van der Waals surface area (Å²) in [6.45, 7) is 10.6. The summed E-state index contributed by atoms with van der Waals surface area (Å²) in [6, 6.07) is 92.5. The van der Waals surface area contributed by atoms with E-state index in [1.165, 1.54) is 142 Å². The fraction of sp³-hybridized carbons (Fsp3) is 0.0541. The van der Waals surface area contributed by atoms with Crippen LogP contribution < -0.4 is 20.7 Å². The molecule has 0 unspecified atom stereocenters. The van der Waals surface area contributed by atoms with Gasteiger partial charge in [-0.1, -0.05) is 269 Å². The van der Waals surface area contributed by atoms with Gasteiger partial charge in [-0.2, -0.15) is 0 Å². The number of hydrogen-bond acceptors (Lipinski definition) is 0. The highest BCUT2D eigenvalue weighted by atomic mass is 28.3. The van der Waals surface area contributed by atoms with Gasteiger partial charge in [-0.25, -0.2) is 0 Å². The maximum absolute atomic E-state index is 2.66. The molecular weight excluding hydrogens is 945 g/mol. The third-order valence-corrected chi connectivity index (χ3v) is 25.2. The van der Waals surface area contributed by atoms with Gasteiger partial charge in [-0.15, -0.1) is 0 Å². The Morgan fingerprint density at radius 1 is 0.211 bits per heavy atom. The van der Waals surface area contributed by atoms with Crippen molar-refractivity contribution in [1.82, 2.24) is 0 Å². The lowest BCUT2D eigenvalue weighted by Crippen LogP contribution is -2.63. The molecule has 14 aromatic carbocycles. The number of benzene rings is 14. The third kappa shape index (κ3) is 5.89. The average Bonchev–Trinajstić information content (AvgIpc) is 4.10. The van der Waals surface area contributed by atoms with E-state index in [0.717, 1.165) is 0 Å². The molecule has 0 aromatic heterocycles. The molecule has 0 radical (unpaired) electrons. The molecule has 16 rings (SSSR count). The first kappa shape index (κ1) is 43.7. The molecule has 0 saturated heterocycles. The minimum Gasteiger partial charge on any atom is -0.0616 e. The quantitative estimate of drug-likeness (QED) is 0.122. The van der Waals surface area contributed by atoms with Gasteiger partial charge in [0.2, 0.25) is 0 Å². The molecule has 2 aliphatic heterocycles. The number of rotatable bonds is 4. The fourth-order valence-corrected chi connectivity index (χ4v) is 23.2. The maximum Gasteiger partial charge on any atom is 0.113 e. The molecule has 0 nitrogen and oxygen atoms in total. The Bertz CT molecular complexity index is 4450. The summed E-state index contributed by atoms with van der Waals surface area (Å²) >= 11 is 0. The zero-order valence-electron chi connectivity index (χ0n) is 43.1. The normalized spacial score (nSPS) is 14.0. The molecule has 0 atom stereocenters. The lowest BCUT2D eigenvalue weighted by molar-refractivity contribution is 1.67. The molecule has 14 aromatic rings. The lowest BCUT2D eigenvalue weighted by Gasteiger charge is -2.29. The SMILES string of the molecule is C[Si]1(C)c2cc(-c3c4ccccc4c(-c4cccc5ccccc45)c4ccccc34)ccc2-c2c1c1c(c3ccccc23)-c2ccc(-c3c4ccccc4c(-c4cccc5ccccc45)c4ccccc34)cc2[Si]1(C)C. The molecule has 0 aliphatic carbocycles. The predicted octanol–water partition coefficient (Wildman–Crippen LogP) is 18.0. The summed E-state index contributed by atoms with van der Waals surface area (Å²) in [5.74, 6) is 0. The van der Waals surface area contributed by atoms with Crippen LogP contribution in [-0.4, -0.2) is 16.1 Å². The van der Waals surface area contributed by atoms with Gasteiger partial charge in [0.05, 0.1) is 0 Å². The Morgan fingerprint density at radius 3 is 0.803 bits per heavy atom. The zero-order valence-corrected chi connectivity index (χ0v) is 45.1. The predicted molar refractivity (Wildman–Crippen MR) is 335 cm³/mol. The molecule has 76 heavy (non-hydrogen) atoms. The van der Waals surface area contributed by atoms with Crippen LogP contribution in [0.4, 0.5) is 0 Å². The van der Waals surface area contributed by atoms with Gasteiger partial charge in [0, 0.05) is 0 Å². The molecule has 0 fully saturated rings. The standard InChI is InChI=1S/C74H52Si2/c1-75(2)65-43-47(67-53-27-9-13-31-57(53)69(58-32-14-10-28-54(58)67)51-37-19-23-45-21-5-7-25-49(45)51)39-41-63(65)71-61-35-17-18-36-62(61)72-64-42-40-48(44-66(64)76(3,4)74(72)73(71)75)68-55-29-11-15-33-59(55)70(60-34-16-12-30-56(60)68)52-38-20-24-46-22-6-8-26-50(46)52/h5-44H,1-4H3. The summed E-state index contributed by atoms with van der Waals surface area (Å²) in [7, 11) is -4.70. The molecule has 0 spiro atoms. The summed E-state index contributed by atoms with van der Waals surface area (Å²) in [5, 5.41) is 24.7. The summed E-state index contributed by atoms with van der Waals surface area (Å²) in [4.78, 5) is 0. The van der Waals surface area contributed by atoms with Crippen molar-refractivity contribution in [3.05, 3.63) is 243 Å². The molecule has 356 valence electrons. The van der Waals surface area contributed by atoms with Crippen LogP contribution in [0.25, 0.3) is 142 Å². The summed E-state index contributed by atoms with van der Waals surface area (Å²) in [5.41, 5.74) is 16.3. The van der Waals surface area contributed by atoms with Crippen molar-refractivity contribution in [2.45, 2.75) is 26.2 Å². The van der Waals surface area contributed by atoms with Crippen molar-refractivity contribution in [2.24, 2.45) is 0 Å². The second kappa shape index (κ2) is 15.9. The van der Waals surface area contributed by atoms with Crippen molar-refractivity contribution in [1.29, 1.82) is 0 Å². The number of hydrogen-bond donors (Lipinski definition) is 0. The van der Waals surface area contributed by atoms with Crippen LogP contribution in [-0.2, 0) is 0 Å². The van der Waals surface area contributed by atoms with Gasteiger partial charge in [-0.3, -0.25) is 0 Å². The van der Waals surface area contributed by atoms with Crippen LogP contribution in [0.2, 0.25) is 26.2 Å². The van der Waals surface area contributed by atoms with Crippen molar-refractivity contribution in [2.75, 3.05) is 0 Å². The van der Waals surface area contributed by atoms with Gasteiger partial charge in [0.1, 0.15) is 16.1 Å². The van der Waals surface area contributed by atoms with E-state index in [1.807, 2.05) is 0 Å². The molecule has 2 heteroatoms. The average molecular weight is 997 g/mol. The van der Waals surface area contributed by atoms with Crippen LogP contribution in [0.3, 0.4) is 0 Å². The van der Waals surface area contributed by atoms with E-state index >= 15 is 0 Å². The first-order chi connectivity index (χ1) is 37.3. The Labute approximate surface area is 445 Å². The zero-order chi connectivity index (χ0) is 50.6. The van der Waals surface area contributed by atoms with Gasteiger partial charge in [0.25, 0.3) is 0 Å². The largest absolute Gasteiger partial charge is 0.113 e. The Kier molecular flexibility index (Phi) is 9.16. The first-order valence-electron chi connectivity index (χ1n) is 27.0. The van der Waals surface area contributed by atoms with E-state index in [-0.39, 0.29) is 0 Å². The van der Waals surface area contributed by atoms with Crippen molar-refractivity contribution >= 4 is 112 Å². The van der Waals surface area contributed by atoms with E-state index in [2.05, 4.69) is 269 Å². The van der Waals surface area contributed by atoms with Gasteiger partial charge in [-0.05, 0) is 163 Å². The number of fused-ring (bicyclic) bond motifs is 16. The molecule has 0 N–H and O–H groups in total. The highest BCUT2D eigenvalue weighted by Gasteiger charge is 2.49. The van der Waals surface area contributed by atoms with Gasteiger partial charge in [0.15, 0.2) is 0 Å². The summed E-state index contributed by atoms with van der Waals surface area (Å²) < 4.78 is 0. The smallest absolute Gasteiger partial charge is 0.0616 e. The van der Waals surface area contributed by atoms with E-state index in [1.54, 1.807) is 20.7 Å². The van der Waals surface area contributed by atoms with Crippen LogP contribution in [0.15, 0.2) is 243 Å². The van der Waals surface area contributed by atoms with Gasteiger partial charge < -0.3 is 0 Å². The minimum absolute atomic E-state index is 1.27. The molecule has 2 heterocycles. The highest BCUT2D eigenvalue weighted by molar-refractivity contribution is 7.13. The van der Waals surface area contributed by atoms with Crippen LogP contribution in [0.1, 0.15) is 0 Å². The molecule has 0 saturated carbocycles. The third-order valence-electron chi connectivity index (χ3n) is 17.9. The van der Waals surface area contributed by atoms with Crippen LogP contribution >= 0.6 is 0 Å². The molecule has 0 amide bonds. The lowest BCUT2D eigenvalue weighted by atomic mass is 9.84. The minimum atomic E-state index is -2.35. The monoisotopic (exact) mass is 996 g/mol. The highest BCUT2D eigenvalue weighted by Crippen LogP contribution is 2.49. The second-order valence-electron chi connectivity index (χ2n) is 22.6. The van der Waals surface area contributed by atoms with Gasteiger partial charge >= 0.3 is 0 Å². The van der Waals surface area contributed by atoms with Crippen molar-refractivity contribution < 1.29 is 0 Å². The molecule has 0 bridgehead atoms. The van der Waals surface area contributed by atoms with Crippen molar-refractivity contribution in [3.8, 4) is 66.8 Å². The Balaban J connectivity index is 0.892. The van der Waals surface area contributed by atoms with E-state index in [9.17, 15) is 0 Å². The van der Waals surface area contributed by atoms with E-state index in [0.29, 0.717) is 0 Å². The Hall–Kier alpha value is -8.67. The van der Waals surface area contributed by atoms with Crippen molar-refractivity contribution in [3.63, 3.8) is 0 Å². The first-order valence-corrected chi connectivity index (χ1v) is 33.0. The van der Waals surface area contributed by atoms with Crippen LogP contribution in [0.5, 0.6) is 0 Å². The summed E-state index contributed by atoms with van der Waals surface area (Å²) in [6.07, 6.45) is 0. The van der Waals surface area contributed by atoms with Crippen LogP contribution in [0, 0.1) is 0 Å². The molecular formula is C74H52Si2. The van der Waals surface area contributed by atoms with E-state index in [4.69, 9.17) is 0 Å². The Morgan fingerprint density at radius 2 is 0.474 bits per heavy atom. The topological polar surface area (TPSA) is 0 Å². The fourth-order valence-electron chi connectivity index (χ4n) is 14.7. The second-order valence-corrected chi connectivity index (χ2v) is 31.1. The maximum atomic E-state index is 2.66. The van der Waals surface area contributed by atoms with E-state index < -0.39 is 16.1 Å².